The van der Waals surface area contributed by atoms with Crippen molar-refractivity contribution in [2.75, 3.05) is 7.11 Å². The minimum Gasteiger partial charge on any atom is -0.490 e. The molecule has 0 spiro atoms. The second-order valence-electron chi connectivity index (χ2n) is 4.98. The molecule has 24 heavy (non-hydrogen) atoms. The molecule has 1 aromatic heterocycles. The summed E-state index contributed by atoms with van der Waals surface area (Å²) in [5.74, 6) is -0.517. The van der Waals surface area contributed by atoms with Crippen LogP contribution in [0.15, 0.2) is 47.8 Å². The summed E-state index contributed by atoms with van der Waals surface area (Å²) in [5.41, 5.74) is 0.752. The van der Waals surface area contributed by atoms with E-state index in [4.69, 9.17) is 9.47 Å². The van der Waals surface area contributed by atoms with Gasteiger partial charge in [0.05, 0.1) is 17.6 Å². The van der Waals surface area contributed by atoms with Gasteiger partial charge in [-0.25, -0.2) is 4.79 Å². The number of carbonyl (C=O) groups is 1. The Labute approximate surface area is 141 Å². The van der Waals surface area contributed by atoms with E-state index < -0.39 is 10.9 Å². The molecule has 0 aliphatic rings. The van der Waals surface area contributed by atoms with Gasteiger partial charge >= 0.3 is 11.7 Å². The molecule has 0 atom stereocenters. The molecule has 0 unspecified atom stereocenters. The number of hydrogen-bond donors (Lipinski definition) is 0. The maximum Gasteiger partial charge on any atom is 0.338 e. The second-order valence-corrected chi connectivity index (χ2v) is 5.89. The molecule has 0 fully saturated rings. The van der Waals surface area contributed by atoms with Crippen LogP contribution in [0, 0.1) is 10.1 Å². The van der Waals surface area contributed by atoms with E-state index >= 15 is 0 Å². The Kier molecular flexibility index (Phi) is 4.43. The Bertz CT molecular complexity index is 918. The first-order valence-corrected chi connectivity index (χ1v) is 7.93. The molecular weight excluding hydrogens is 330 g/mol. The van der Waals surface area contributed by atoms with Gasteiger partial charge < -0.3 is 9.47 Å². The predicted octanol–water partition coefficient (Wildman–Crippen LogP) is 4.18. The molecule has 7 heteroatoms. The molecule has 0 amide bonds. The molecule has 0 N–H and O–H groups in total. The number of ether oxygens (including phenoxy) is 2. The zero-order valence-corrected chi connectivity index (χ0v) is 13.5. The summed E-state index contributed by atoms with van der Waals surface area (Å²) in [6.07, 6.45) is 0. The molecule has 3 aromatic rings. The third kappa shape index (κ3) is 3.07. The Morgan fingerprint density at radius 3 is 2.79 bits per heavy atom. The number of methoxy groups -OCH3 is 1. The average molecular weight is 343 g/mol. The first-order chi connectivity index (χ1) is 11.6. The zero-order valence-electron chi connectivity index (χ0n) is 12.7. The number of nitrogens with zero attached hydrogens (tertiary/aromatic N) is 1. The van der Waals surface area contributed by atoms with Gasteiger partial charge in [0, 0.05) is 16.3 Å². The number of hydrogen-bond acceptors (Lipinski definition) is 6. The average Bonchev–Trinajstić information content (AvgIpc) is 3.02. The summed E-state index contributed by atoms with van der Waals surface area (Å²) < 4.78 is 11.3. The van der Waals surface area contributed by atoms with Crippen LogP contribution in [-0.2, 0) is 11.3 Å². The fourth-order valence-corrected chi connectivity index (χ4v) is 3.28. The summed E-state index contributed by atoms with van der Waals surface area (Å²) in [7, 11) is 1.34. The fraction of sp³-hybridized carbons (Fsp3) is 0.118. The SMILES string of the molecule is COc1ccc(C(=O)OCc2csc3ccccc23)cc1[N+](=O)[O-]. The number of benzene rings is 2. The topological polar surface area (TPSA) is 78.7 Å². The third-order valence-electron chi connectivity index (χ3n) is 3.53. The third-order valence-corrected chi connectivity index (χ3v) is 4.54. The number of nitro groups is 1. The maximum absolute atomic E-state index is 12.2. The molecular formula is C17H13NO5S. The minimum atomic E-state index is -0.615. The smallest absolute Gasteiger partial charge is 0.338 e. The Morgan fingerprint density at radius 2 is 2.04 bits per heavy atom. The van der Waals surface area contributed by atoms with Crippen molar-refractivity contribution in [3.05, 3.63) is 69.1 Å². The molecule has 0 saturated carbocycles. The monoisotopic (exact) mass is 343 g/mol. The molecule has 0 aliphatic heterocycles. The van der Waals surface area contributed by atoms with E-state index in [1.165, 1.54) is 19.2 Å². The lowest BCUT2D eigenvalue weighted by Crippen LogP contribution is -2.06. The van der Waals surface area contributed by atoms with Crippen LogP contribution in [-0.4, -0.2) is 18.0 Å². The molecule has 122 valence electrons. The van der Waals surface area contributed by atoms with Crippen molar-refractivity contribution >= 4 is 33.1 Å². The van der Waals surface area contributed by atoms with Gasteiger partial charge in [0.1, 0.15) is 6.61 Å². The van der Waals surface area contributed by atoms with Gasteiger partial charge in [-0.3, -0.25) is 10.1 Å². The van der Waals surface area contributed by atoms with Crippen molar-refractivity contribution in [3.63, 3.8) is 0 Å². The molecule has 1 heterocycles. The van der Waals surface area contributed by atoms with Crippen molar-refractivity contribution in [2.24, 2.45) is 0 Å². The van der Waals surface area contributed by atoms with E-state index in [1.54, 1.807) is 11.3 Å². The molecule has 0 radical (unpaired) electrons. The van der Waals surface area contributed by atoms with Gasteiger partial charge in [0.25, 0.3) is 0 Å². The van der Waals surface area contributed by atoms with Crippen molar-refractivity contribution in [2.45, 2.75) is 6.61 Å². The highest BCUT2D eigenvalue weighted by atomic mass is 32.1. The van der Waals surface area contributed by atoms with Gasteiger partial charge in [-0.05, 0) is 29.0 Å². The summed E-state index contributed by atoms with van der Waals surface area (Å²) in [5, 5.41) is 14.0. The van der Waals surface area contributed by atoms with Crippen LogP contribution < -0.4 is 4.74 Å². The highest BCUT2D eigenvalue weighted by molar-refractivity contribution is 7.17. The lowest BCUT2D eigenvalue weighted by Gasteiger charge is -2.06. The van der Waals surface area contributed by atoms with Crippen LogP contribution in [0.4, 0.5) is 5.69 Å². The van der Waals surface area contributed by atoms with Crippen LogP contribution in [0.5, 0.6) is 5.75 Å². The summed E-state index contributed by atoms with van der Waals surface area (Å²) in [4.78, 5) is 22.6. The first kappa shape index (κ1) is 15.9. The number of nitro benzene ring substituents is 1. The number of carbonyl (C=O) groups excluding carboxylic acids is 1. The number of thiophene rings is 1. The van der Waals surface area contributed by atoms with E-state index in [2.05, 4.69) is 0 Å². The standard InChI is InChI=1S/C17H13NO5S/c1-22-15-7-6-11(8-14(15)18(20)21)17(19)23-9-12-10-24-16-5-3-2-4-13(12)16/h2-8,10H,9H2,1H3. The lowest BCUT2D eigenvalue weighted by atomic mass is 10.2. The molecule has 0 bridgehead atoms. The van der Waals surface area contributed by atoms with Crippen LogP contribution in [0.2, 0.25) is 0 Å². The zero-order chi connectivity index (χ0) is 17.1. The lowest BCUT2D eigenvalue weighted by molar-refractivity contribution is -0.385. The first-order valence-electron chi connectivity index (χ1n) is 7.05. The second kappa shape index (κ2) is 6.67. The number of esters is 1. The van der Waals surface area contributed by atoms with Gasteiger partial charge in [0.15, 0.2) is 5.75 Å². The Balaban J connectivity index is 1.78. The van der Waals surface area contributed by atoms with Crippen LogP contribution in [0.1, 0.15) is 15.9 Å². The highest BCUT2D eigenvalue weighted by Crippen LogP contribution is 2.29. The summed E-state index contributed by atoms with van der Waals surface area (Å²) in [6.45, 7) is 0.114. The van der Waals surface area contributed by atoms with E-state index in [1.807, 2.05) is 29.6 Å². The minimum absolute atomic E-state index is 0.0976. The van der Waals surface area contributed by atoms with Gasteiger partial charge in [-0.2, -0.15) is 0 Å². The van der Waals surface area contributed by atoms with E-state index in [0.29, 0.717) is 0 Å². The molecule has 3 rings (SSSR count). The van der Waals surface area contributed by atoms with Gasteiger partial charge in [0.2, 0.25) is 0 Å². The summed E-state index contributed by atoms with van der Waals surface area (Å²) >= 11 is 1.58. The largest absolute Gasteiger partial charge is 0.490 e. The Hall–Kier alpha value is -2.93. The Morgan fingerprint density at radius 1 is 1.25 bits per heavy atom. The van der Waals surface area contributed by atoms with Crippen LogP contribution in [0.3, 0.4) is 0 Å². The molecule has 0 aliphatic carbocycles. The predicted molar refractivity (Wildman–Crippen MR) is 90.6 cm³/mol. The van der Waals surface area contributed by atoms with Crippen LogP contribution >= 0.6 is 11.3 Å². The molecule has 0 saturated heterocycles. The highest BCUT2D eigenvalue weighted by Gasteiger charge is 2.19. The van der Waals surface area contributed by atoms with E-state index in [0.717, 1.165) is 21.7 Å². The van der Waals surface area contributed by atoms with E-state index in [9.17, 15) is 14.9 Å². The molecule has 2 aromatic carbocycles. The van der Waals surface area contributed by atoms with Gasteiger partial charge in [-0.1, -0.05) is 18.2 Å². The molecule has 6 nitrogen and oxygen atoms in total. The van der Waals surface area contributed by atoms with E-state index in [-0.39, 0.29) is 23.6 Å². The maximum atomic E-state index is 12.2. The van der Waals surface area contributed by atoms with Crippen molar-refractivity contribution < 1.29 is 19.2 Å². The summed E-state index contributed by atoms with van der Waals surface area (Å²) in [6, 6.07) is 11.8. The van der Waals surface area contributed by atoms with Crippen molar-refractivity contribution in [1.29, 1.82) is 0 Å². The van der Waals surface area contributed by atoms with Crippen LogP contribution in [0.25, 0.3) is 10.1 Å². The van der Waals surface area contributed by atoms with Crippen molar-refractivity contribution in [3.8, 4) is 5.75 Å². The fourth-order valence-electron chi connectivity index (χ4n) is 2.33. The van der Waals surface area contributed by atoms with Crippen molar-refractivity contribution in [1.82, 2.24) is 0 Å². The van der Waals surface area contributed by atoms with Gasteiger partial charge in [-0.15, -0.1) is 11.3 Å². The number of rotatable bonds is 5. The number of fused-ring (bicyclic) bond motifs is 1. The normalized spacial score (nSPS) is 10.5. The quantitative estimate of drug-likeness (QED) is 0.394.